The van der Waals surface area contributed by atoms with Gasteiger partial charge in [0.25, 0.3) is 0 Å². The molecule has 0 bridgehead atoms. The van der Waals surface area contributed by atoms with Crippen LogP contribution in [0, 0.1) is 0 Å². The lowest BCUT2D eigenvalue weighted by atomic mass is 10.1. The fraction of sp³-hybridized carbons (Fsp3) is 0.562. The zero-order chi connectivity index (χ0) is 14.4. The number of carbonyl (C=O) groups excluding carboxylic acids is 1. The van der Waals surface area contributed by atoms with Gasteiger partial charge in [-0.15, -0.1) is 11.8 Å². The van der Waals surface area contributed by atoms with Crippen molar-refractivity contribution in [3.05, 3.63) is 28.7 Å². The number of carbonyl (C=O) groups is 1. The Morgan fingerprint density at radius 1 is 1.20 bits per heavy atom. The lowest BCUT2D eigenvalue weighted by molar-refractivity contribution is -0.121. The quantitative estimate of drug-likeness (QED) is 0.622. The minimum absolute atomic E-state index is 0.0422. The lowest BCUT2D eigenvalue weighted by Crippen LogP contribution is -2.39. The van der Waals surface area contributed by atoms with E-state index in [1.54, 1.807) is 11.8 Å². The summed E-state index contributed by atoms with van der Waals surface area (Å²) in [6, 6.07) is 8.50. The molecule has 1 aromatic carbocycles. The summed E-state index contributed by atoms with van der Waals surface area (Å²) in [6.45, 7) is 1.98. The van der Waals surface area contributed by atoms with Gasteiger partial charge in [0.2, 0.25) is 5.91 Å². The Hall–Kier alpha value is -0.480. The van der Waals surface area contributed by atoms with Crippen LogP contribution in [0.5, 0.6) is 0 Å². The van der Waals surface area contributed by atoms with Crippen molar-refractivity contribution in [1.82, 2.24) is 5.32 Å². The second-order valence-corrected chi connectivity index (χ2v) is 7.74. The van der Waals surface area contributed by atoms with Crippen LogP contribution in [0.15, 0.2) is 33.6 Å². The molecule has 1 saturated carbocycles. The highest BCUT2D eigenvalue weighted by Gasteiger charge is 2.19. The van der Waals surface area contributed by atoms with Gasteiger partial charge in [0.15, 0.2) is 0 Å². The summed E-state index contributed by atoms with van der Waals surface area (Å²) in [5.41, 5.74) is 0. The van der Waals surface area contributed by atoms with Crippen LogP contribution >= 0.6 is 27.7 Å². The third-order valence-electron chi connectivity index (χ3n) is 3.70. The van der Waals surface area contributed by atoms with Crippen LogP contribution in [-0.2, 0) is 4.79 Å². The molecule has 0 aliphatic heterocycles. The predicted octanol–water partition coefficient (Wildman–Crippen LogP) is 4.77. The van der Waals surface area contributed by atoms with Gasteiger partial charge in [0.1, 0.15) is 0 Å². The van der Waals surface area contributed by atoms with E-state index < -0.39 is 0 Å². The molecule has 0 saturated heterocycles. The van der Waals surface area contributed by atoms with Crippen LogP contribution < -0.4 is 5.32 Å². The lowest BCUT2D eigenvalue weighted by Gasteiger charge is -2.19. The van der Waals surface area contributed by atoms with Crippen molar-refractivity contribution in [2.24, 2.45) is 0 Å². The van der Waals surface area contributed by atoms with Crippen LogP contribution in [-0.4, -0.2) is 17.2 Å². The molecule has 2 rings (SSSR count). The van der Waals surface area contributed by atoms with Crippen molar-refractivity contribution in [2.75, 3.05) is 0 Å². The second kappa shape index (κ2) is 8.08. The van der Waals surface area contributed by atoms with Crippen LogP contribution in [0.3, 0.4) is 0 Å². The smallest absolute Gasteiger partial charge is 0.233 e. The van der Waals surface area contributed by atoms with Gasteiger partial charge in [-0.3, -0.25) is 4.79 Å². The summed E-state index contributed by atoms with van der Waals surface area (Å²) in [7, 11) is 0. The SMILES string of the molecule is CC(Sc1ccc(Br)cc1)C(=O)NC1CCCCCC1. The van der Waals surface area contributed by atoms with E-state index in [4.69, 9.17) is 0 Å². The first-order valence-electron chi connectivity index (χ1n) is 7.38. The number of rotatable bonds is 4. The molecule has 110 valence electrons. The second-order valence-electron chi connectivity index (χ2n) is 5.41. The Labute approximate surface area is 134 Å². The van der Waals surface area contributed by atoms with Gasteiger partial charge in [0, 0.05) is 15.4 Å². The van der Waals surface area contributed by atoms with Crippen LogP contribution in [0.2, 0.25) is 0 Å². The summed E-state index contributed by atoms with van der Waals surface area (Å²) in [5, 5.41) is 3.18. The molecule has 0 aromatic heterocycles. The number of benzene rings is 1. The molecule has 1 aromatic rings. The first-order chi connectivity index (χ1) is 9.65. The van der Waals surface area contributed by atoms with E-state index >= 15 is 0 Å². The molecule has 0 heterocycles. The molecule has 4 heteroatoms. The molecular weight excluding hydrogens is 334 g/mol. The average molecular weight is 356 g/mol. The minimum atomic E-state index is -0.0422. The predicted molar refractivity (Wildman–Crippen MR) is 89.1 cm³/mol. The van der Waals surface area contributed by atoms with Crippen LogP contribution in [0.4, 0.5) is 0 Å². The molecule has 1 N–H and O–H groups in total. The number of thioether (sulfide) groups is 1. The third kappa shape index (κ3) is 5.13. The Balaban J connectivity index is 1.83. The minimum Gasteiger partial charge on any atom is -0.352 e. The topological polar surface area (TPSA) is 29.1 Å². The molecule has 0 spiro atoms. The standard InChI is InChI=1S/C16H22BrNOS/c1-12(20-15-10-8-13(17)9-11-15)16(19)18-14-6-4-2-3-5-7-14/h8-12,14H,2-7H2,1H3,(H,18,19). The summed E-state index contributed by atoms with van der Waals surface area (Å²) in [5.74, 6) is 0.171. The third-order valence-corrected chi connectivity index (χ3v) is 5.34. The Bertz CT molecular complexity index is 427. The number of halogens is 1. The van der Waals surface area contributed by atoms with E-state index in [1.807, 2.05) is 31.2 Å². The normalized spacial score (nSPS) is 18.3. The number of hydrogen-bond donors (Lipinski definition) is 1. The maximum atomic E-state index is 12.3. The van der Waals surface area contributed by atoms with Gasteiger partial charge in [0.05, 0.1) is 5.25 Å². The van der Waals surface area contributed by atoms with E-state index in [0.29, 0.717) is 6.04 Å². The molecule has 1 atom stereocenters. The molecule has 20 heavy (non-hydrogen) atoms. The molecule has 1 fully saturated rings. The fourth-order valence-corrected chi connectivity index (χ4v) is 3.65. The zero-order valence-electron chi connectivity index (χ0n) is 11.9. The van der Waals surface area contributed by atoms with Crippen LogP contribution in [0.1, 0.15) is 45.4 Å². The van der Waals surface area contributed by atoms with Gasteiger partial charge in [-0.25, -0.2) is 0 Å². The van der Waals surface area contributed by atoms with E-state index in [1.165, 1.54) is 25.7 Å². The van der Waals surface area contributed by atoms with E-state index in [0.717, 1.165) is 22.2 Å². The molecule has 2 nitrogen and oxygen atoms in total. The fourth-order valence-electron chi connectivity index (χ4n) is 2.51. The first kappa shape index (κ1) is 15.9. The van der Waals surface area contributed by atoms with Crippen molar-refractivity contribution in [1.29, 1.82) is 0 Å². The molecule has 1 aliphatic rings. The molecular formula is C16H22BrNOS. The van der Waals surface area contributed by atoms with Gasteiger partial charge in [-0.05, 0) is 44.0 Å². The average Bonchev–Trinajstić information content (AvgIpc) is 2.70. The van der Waals surface area contributed by atoms with Gasteiger partial charge >= 0.3 is 0 Å². The largest absolute Gasteiger partial charge is 0.352 e. The number of nitrogens with one attached hydrogen (secondary N) is 1. The van der Waals surface area contributed by atoms with E-state index in [9.17, 15) is 4.79 Å². The van der Waals surface area contributed by atoms with Crippen molar-refractivity contribution in [2.45, 2.75) is 61.6 Å². The summed E-state index contributed by atoms with van der Waals surface area (Å²) in [6.07, 6.45) is 7.41. The Morgan fingerprint density at radius 3 is 2.40 bits per heavy atom. The summed E-state index contributed by atoms with van der Waals surface area (Å²) >= 11 is 5.05. The van der Waals surface area contributed by atoms with E-state index in [2.05, 4.69) is 21.2 Å². The van der Waals surface area contributed by atoms with Crippen molar-refractivity contribution in [3.63, 3.8) is 0 Å². The maximum absolute atomic E-state index is 12.3. The molecule has 0 radical (unpaired) electrons. The molecule has 1 amide bonds. The highest BCUT2D eigenvalue weighted by molar-refractivity contribution is 9.10. The number of amides is 1. The van der Waals surface area contributed by atoms with E-state index in [-0.39, 0.29) is 11.2 Å². The van der Waals surface area contributed by atoms with Gasteiger partial charge < -0.3 is 5.32 Å². The van der Waals surface area contributed by atoms with Gasteiger partial charge in [-0.2, -0.15) is 0 Å². The van der Waals surface area contributed by atoms with Crippen molar-refractivity contribution in [3.8, 4) is 0 Å². The Morgan fingerprint density at radius 2 is 1.80 bits per heavy atom. The molecule has 1 unspecified atom stereocenters. The van der Waals surface area contributed by atoms with Gasteiger partial charge in [-0.1, -0.05) is 41.6 Å². The maximum Gasteiger partial charge on any atom is 0.233 e. The molecule has 1 aliphatic carbocycles. The summed E-state index contributed by atoms with van der Waals surface area (Å²) in [4.78, 5) is 13.4. The monoisotopic (exact) mass is 355 g/mol. The number of hydrogen-bond acceptors (Lipinski definition) is 2. The zero-order valence-corrected chi connectivity index (χ0v) is 14.3. The van der Waals surface area contributed by atoms with Crippen molar-refractivity contribution >= 4 is 33.6 Å². The highest BCUT2D eigenvalue weighted by Crippen LogP contribution is 2.25. The first-order valence-corrected chi connectivity index (χ1v) is 9.05. The van der Waals surface area contributed by atoms with Crippen molar-refractivity contribution < 1.29 is 4.79 Å². The highest BCUT2D eigenvalue weighted by atomic mass is 79.9. The van der Waals surface area contributed by atoms with Crippen LogP contribution in [0.25, 0.3) is 0 Å². The summed E-state index contributed by atoms with van der Waals surface area (Å²) < 4.78 is 1.07. The Kier molecular flexibility index (Phi) is 6.43.